The Kier molecular flexibility index (Phi) is 4.36. The van der Waals surface area contributed by atoms with Gasteiger partial charge in [0, 0.05) is 23.7 Å². The molecule has 1 aliphatic heterocycles. The molecule has 92 valence electrons. The molecule has 0 fully saturated rings. The molecule has 2 rings (SSSR count). The summed E-state index contributed by atoms with van der Waals surface area (Å²) >= 11 is 5.81. The summed E-state index contributed by atoms with van der Waals surface area (Å²) in [5.41, 5.74) is 2.17. The number of hydrogen-bond acceptors (Lipinski definition) is 4. The molecule has 0 atom stereocenters. The highest BCUT2D eigenvalue weighted by molar-refractivity contribution is 8.00. The number of rotatable bonds is 4. The van der Waals surface area contributed by atoms with Crippen molar-refractivity contribution < 1.29 is 4.79 Å². The van der Waals surface area contributed by atoms with E-state index < -0.39 is 0 Å². The highest BCUT2D eigenvalue weighted by Crippen LogP contribution is 2.32. The van der Waals surface area contributed by atoms with E-state index in [1.165, 1.54) is 5.56 Å². The van der Waals surface area contributed by atoms with Gasteiger partial charge in [-0.15, -0.1) is 11.8 Å². The van der Waals surface area contributed by atoms with Crippen LogP contribution in [0.5, 0.6) is 0 Å². The molecule has 0 aliphatic carbocycles. The van der Waals surface area contributed by atoms with Gasteiger partial charge in [0.05, 0.1) is 11.4 Å². The van der Waals surface area contributed by atoms with E-state index in [9.17, 15) is 4.79 Å². The zero-order chi connectivity index (χ0) is 12.3. The summed E-state index contributed by atoms with van der Waals surface area (Å²) in [4.78, 5) is 14.7. The van der Waals surface area contributed by atoms with E-state index >= 15 is 0 Å². The largest absolute Gasteiger partial charge is 0.324 e. The second-order valence-corrected chi connectivity index (χ2v) is 5.59. The highest BCUT2D eigenvalue weighted by Gasteiger charge is 2.15. The quantitative estimate of drug-likeness (QED) is 0.820. The third-order valence-electron chi connectivity index (χ3n) is 2.61. The molecule has 0 aromatic heterocycles. The molecule has 17 heavy (non-hydrogen) atoms. The Morgan fingerprint density at radius 2 is 2.35 bits per heavy atom. The molecule has 5 heteroatoms. The second-order valence-electron chi connectivity index (χ2n) is 4.13. The lowest BCUT2D eigenvalue weighted by Gasteiger charge is -2.19. The number of nitrogens with zero attached hydrogens (tertiary/aromatic N) is 1. The Labute approximate surface area is 111 Å². The predicted octanol–water partition coefficient (Wildman–Crippen LogP) is 2.09. The Morgan fingerprint density at radius 1 is 1.53 bits per heavy atom. The van der Waals surface area contributed by atoms with Crippen LogP contribution in [0.25, 0.3) is 0 Å². The van der Waals surface area contributed by atoms with Crippen LogP contribution >= 0.6 is 24.4 Å². The minimum atomic E-state index is 0.0864. The number of nitrogens with one attached hydrogen (secondary N) is 1. The molecule has 1 heterocycles. The van der Waals surface area contributed by atoms with Crippen LogP contribution in [0.15, 0.2) is 23.1 Å². The van der Waals surface area contributed by atoms with Gasteiger partial charge < -0.3 is 10.2 Å². The van der Waals surface area contributed by atoms with E-state index in [-0.39, 0.29) is 5.91 Å². The van der Waals surface area contributed by atoms with Gasteiger partial charge in [0.1, 0.15) is 0 Å². The van der Waals surface area contributed by atoms with Crippen molar-refractivity contribution in [2.45, 2.75) is 11.4 Å². The van der Waals surface area contributed by atoms with Crippen LogP contribution < -0.4 is 5.32 Å². The molecule has 0 saturated carbocycles. The normalized spacial score (nSPS) is 14.6. The van der Waals surface area contributed by atoms with Gasteiger partial charge in [-0.3, -0.25) is 4.79 Å². The number of fused-ring (bicyclic) bond motifs is 1. The maximum absolute atomic E-state index is 11.3. The summed E-state index contributed by atoms with van der Waals surface area (Å²) in [6.45, 7) is 1.84. The molecule has 1 N–H and O–H groups in total. The first kappa shape index (κ1) is 12.8. The van der Waals surface area contributed by atoms with Crippen LogP contribution in [-0.2, 0) is 11.3 Å². The first-order valence-corrected chi connectivity index (χ1v) is 7.16. The van der Waals surface area contributed by atoms with E-state index in [1.807, 2.05) is 0 Å². The standard InChI is InChI=1S/C12H16N2OS2/c1-14(4-5-16)7-9-2-3-11-10(6-9)13-12(15)8-17-11/h2-3,6,16H,4-5,7-8H2,1H3,(H,13,15). The summed E-state index contributed by atoms with van der Waals surface area (Å²) in [5, 5.41) is 2.91. The van der Waals surface area contributed by atoms with Gasteiger partial charge in [-0.1, -0.05) is 6.07 Å². The van der Waals surface area contributed by atoms with Gasteiger partial charge >= 0.3 is 0 Å². The van der Waals surface area contributed by atoms with Crippen molar-refractivity contribution in [3.63, 3.8) is 0 Å². The molecule has 1 amide bonds. The number of carbonyl (C=O) groups excluding carboxylic acids is 1. The molecule has 3 nitrogen and oxygen atoms in total. The summed E-state index contributed by atoms with van der Waals surface area (Å²) in [6.07, 6.45) is 0. The molecular formula is C12H16N2OS2. The predicted molar refractivity (Wildman–Crippen MR) is 76.0 cm³/mol. The van der Waals surface area contributed by atoms with Crippen LogP contribution in [-0.4, -0.2) is 35.9 Å². The van der Waals surface area contributed by atoms with Crippen LogP contribution in [0.1, 0.15) is 5.56 Å². The maximum atomic E-state index is 11.3. The van der Waals surface area contributed by atoms with Crippen molar-refractivity contribution in [3.8, 4) is 0 Å². The van der Waals surface area contributed by atoms with Crippen LogP contribution in [0.3, 0.4) is 0 Å². The highest BCUT2D eigenvalue weighted by atomic mass is 32.2. The summed E-state index contributed by atoms with van der Waals surface area (Å²) in [6, 6.07) is 6.27. The number of hydrogen-bond donors (Lipinski definition) is 2. The van der Waals surface area contributed by atoms with E-state index in [0.717, 1.165) is 29.4 Å². The average molecular weight is 268 g/mol. The monoisotopic (exact) mass is 268 g/mol. The van der Waals surface area contributed by atoms with Crippen LogP contribution in [0.2, 0.25) is 0 Å². The molecule has 0 unspecified atom stereocenters. The van der Waals surface area contributed by atoms with E-state index in [2.05, 4.69) is 48.1 Å². The van der Waals surface area contributed by atoms with Gasteiger partial charge in [0.15, 0.2) is 0 Å². The van der Waals surface area contributed by atoms with Gasteiger partial charge in [0.25, 0.3) is 0 Å². The fraction of sp³-hybridized carbons (Fsp3) is 0.417. The molecule has 0 radical (unpaired) electrons. The van der Waals surface area contributed by atoms with E-state index in [0.29, 0.717) is 5.75 Å². The fourth-order valence-electron chi connectivity index (χ4n) is 1.79. The Balaban J connectivity index is 2.10. The van der Waals surface area contributed by atoms with Crippen molar-refractivity contribution in [2.24, 2.45) is 0 Å². The lowest BCUT2D eigenvalue weighted by molar-refractivity contribution is -0.113. The maximum Gasteiger partial charge on any atom is 0.234 e. The number of anilines is 1. The van der Waals surface area contributed by atoms with Crippen molar-refractivity contribution in [2.75, 3.05) is 30.4 Å². The smallest absolute Gasteiger partial charge is 0.234 e. The number of amides is 1. The number of carbonyl (C=O) groups is 1. The third-order valence-corrected chi connectivity index (χ3v) is 3.88. The second kappa shape index (κ2) is 5.80. The SMILES string of the molecule is CN(CCS)Cc1ccc2c(c1)NC(=O)CS2. The molecular weight excluding hydrogens is 252 g/mol. The first-order valence-electron chi connectivity index (χ1n) is 5.54. The van der Waals surface area contributed by atoms with Gasteiger partial charge in [-0.2, -0.15) is 12.6 Å². The van der Waals surface area contributed by atoms with Gasteiger partial charge in [-0.25, -0.2) is 0 Å². The Morgan fingerprint density at radius 3 is 3.12 bits per heavy atom. The third kappa shape index (κ3) is 3.40. The van der Waals surface area contributed by atoms with Crippen molar-refractivity contribution in [1.82, 2.24) is 4.90 Å². The minimum Gasteiger partial charge on any atom is -0.324 e. The molecule has 0 bridgehead atoms. The van der Waals surface area contributed by atoms with Crippen LogP contribution in [0.4, 0.5) is 5.69 Å². The number of thiol groups is 1. The molecule has 0 spiro atoms. The summed E-state index contributed by atoms with van der Waals surface area (Å²) < 4.78 is 0. The lowest BCUT2D eigenvalue weighted by atomic mass is 10.2. The van der Waals surface area contributed by atoms with Crippen molar-refractivity contribution in [1.29, 1.82) is 0 Å². The minimum absolute atomic E-state index is 0.0864. The summed E-state index contributed by atoms with van der Waals surface area (Å²) in [5.74, 6) is 1.46. The first-order chi connectivity index (χ1) is 8.19. The van der Waals surface area contributed by atoms with Crippen molar-refractivity contribution >= 4 is 36.0 Å². The van der Waals surface area contributed by atoms with Crippen molar-refractivity contribution in [3.05, 3.63) is 23.8 Å². The molecule has 1 aromatic carbocycles. The van der Waals surface area contributed by atoms with Crippen LogP contribution in [0, 0.1) is 0 Å². The van der Waals surface area contributed by atoms with E-state index in [4.69, 9.17) is 0 Å². The van der Waals surface area contributed by atoms with Gasteiger partial charge in [-0.05, 0) is 24.7 Å². The topological polar surface area (TPSA) is 32.3 Å². The molecule has 0 saturated heterocycles. The molecule has 1 aromatic rings. The fourth-order valence-corrected chi connectivity index (χ4v) is 2.92. The Bertz CT molecular complexity index is 423. The van der Waals surface area contributed by atoms with E-state index in [1.54, 1.807) is 11.8 Å². The number of benzene rings is 1. The molecule has 1 aliphatic rings. The number of thioether (sulfide) groups is 1. The summed E-state index contributed by atoms with van der Waals surface area (Å²) in [7, 11) is 2.07. The zero-order valence-corrected chi connectivity index (χ0v) is 11.5. The zero-order valence-electron chi connectivity index (χ0n) is 9.77. The Hall–Kier alpha value is -0.650. The average Bonchev–Trinajstić information content (AvgIpc) is 2.28. The van der Waals surface area contributed by atoms with Gasteiger partial charge in [0.2, 0.25) is 5.91 Å². The lowest BCUT2D eigenvalue weighted by Crippen LogP contribution is -2.21.